The quantitative estimate of drug-likeness (QED) is 0.317. The molecular weight excluding hydrogens is 530 g/mol. The molecule has 0 aliphatic carbocycles. The number of piperidine rings is 1. The molecule has 0 spiro atoms. The predicted molar refractivity (Wildman–Crippen MR) is 150 cm³/mol. The highest BCUT2D eigenvalue weighted by molar-refractivity contribution is 9.10. The fourth-order valence-corrected chi connectivity index (χ4v) is 5.49. The van der Waals surface area contributed by atoms with Gasteiger partial charge in [0.15, 0.2) is 0 Å². The van der Waals surface area contributed by atoms with Gasteiger partial charge in [0.25, 0.3) is 0 Å². The first kappa shape index (κ1) is 25.4. The first-order chi connectivity index (χ1) is 18.0. The van der Waals surface area contributed by atoms with E-state index in [2.05, 4.69) is 38.3 Å². The number of amides is 1. The Morgan fingerprint density at radius 2 is 1.78 bits per heavy atom. The van der Waals surface area contributed by atoms with Crippen LogP contribution in [0.3, 0.4) is 0 Å². The summed E-state index contributed by atoms with van der Waals surface area (Å²) >= 11 is 3.49. The SMILES string of the molecule is O=C(O)CCc1cccc(C(=Nc2ccc(CN3CCCCC3)cc2)C2C(=O)Nc3cc(Br)ccc32)c1. The maximum atomic E-state index is 13.2. The molecule has 190 valence electrons. The molecule has 1 unspecified atom stereocenters. The normalized spacial score (nSPS) is 17.9. The number of hydrogen-bond donors (Lipinski definition) is 2. The zero-order chi connectivity index (χ0) is 25.8. The number of hydrogen-bond acceptors (Lipinski definition) is 4. The van der Waals surface area contributed by atoms with Gasteiger partial charge in [0.1, 0.15) is 5.92 Å². The second-order valence-corrected chi connectivity index (χ2v) is 10.7. The molecule has 0 bridgehead atoms. The van der Waals surface area contributed by atoms with E-state index in [1.54, 1.807) is 0 Å². The largest absolute Gasteiger partial charge is 0.481 e. The third-order valence-electron chi connectivity index (χ3n) is 7.01. The lowest BCUT2D eigenvalue weighted by Gasteiger charge is -2.26. The molecular formula is C30H30BrN3O3. The number of rotatable bonds is 8. The van der Waals surface area contributed by atoms with Crippen LogP contribution in [0.1, 0.15) is 53.9 Å². The minimum atomic E-state index is -0.835. The molecule has 6 nitrogen and oxygen atoms in total. The summed E-state index contributed by atoms with van der Waals surface area (Å²) in [5, 5.41) is 12.1. The van der Waals surface area contributed by atoms with E-state index in [1.807, 2.05) is 54.6 Å². The summed E-state index contributed by atoms with van der Waals surface area (Å²) in [4.78, 5) is 31.9. The Morgan fingerprint density at radius 3 is 2.54 bits per heavy atom. The number of aryl methyl sites for hydroxylation is 1. The van der Waals surface area contributed by atoms with E-state index in [1.165, 1.54) is 24.8 Å². The van der Waals surface area contributed by atoms with E-state index < -0.39 is 11.9 Å². The first-order valence-corrected chi connectivity index (χ1v) is 13.6. The number of carbonyl (C=O) groups is 2. The van der Waals surface area contributed by atoms with Crippen LogP contribution in [-0.2, 0) is 22.6 Å². The van der Waals surface area contributed by atoms with Crippen molar-refractivity contribution in [3.63, 3.8) is 0 Å². The Hall–Kier alpha value is -3.29. The van der Waals surface area contributed by atoms with Crippen molar-refractivity contribution >= 4 is 44.9 Å². The number of likely N-dealkylation sites (tertiary alicyclic amines) is 1. The molecule has 0 saturated carbocycles. The lowest BCUT2D eigenvalue weighted by atomic mass is 9.89. The molecule has 37 heavy (non-hydrogen) atoms. The van der Waals surface area contributed by atoms with Crippen molar-refractivity contribution in [3.05, 3.63) is 93.5 Å². The van der Waals surface area contributed by atoms with Gasteiger partial charge in [-0.2, -0.15) is 0 Å². The van der Waals surface area contributed by atoms with E-state index >= 15 is 0 Å². The lowest BCUT2D eigenvalue weighted by molar-refractivity contribution is -0.137. The summed E-state index contributed by atoms with van der Waals surface area (Å²) in [7, 11) is 0. The minimum Gasteiger partial charge on any atom is -0.481 e. The standard InChI is InChI=1S/C30H30BrN3O3/c31-23-10-13-25-26(18-23)33-30(37)28(25)29(22-6-4-5-20(17-22)9-14-27(35)36)32-24-11-7-21(8-12-24)19-34-15-2-1-3-16-34/h4-8,10-13,17-18,28H,1-3,9,14-16,19H2,(H,33,37)(H,35,36). The van der Waals surface area contributed by atoms with Gasteiger partial charge < -0.3 is 10.4 Å². The van der Waals surface area contributed by atoms with Gasteiger partial charge in [0.05, 0.1) is 11.4 Å². The van der Waals surface area contributed by atoms with Crippen LogP contribution in [0.5, 0.6) is 0 Å². The van der Waals surface area contributed by atoms with E-state index in [0.29, 0.717) is 12.1 Å². The van der Waals surface area contributed by atoms with Gasteiger partial charge in [-0.05, 0) is 84.9 Å². The van der Waals surface area contributed by atoms with Crippen molar-refractivity contribution in [3.8, 4) is 0 Å². The van der Waals surface area contributed by atoms with Crippen molar-refractivity contribution in [2.45, 2.75) is 44.6 Å². The molecule has 2 aliphatic rings. The monoisotopic (exact) mass is 559 g/mol. The zero-order valence-electron chi connectivity index (χ0n) is 20.6. The molecule has 1 saturated heterocycles. The Balaban J connectivity index is 1.50. The fraction of sp³-hybridized carbons (Fsp3) is 0.300. The molecule has 2 heterocycles. The predicted octanol–water partition coefficient (Wildman–Crippen LogP) is 6.31. The number of nitrogens with zero attached hydrogens (tertiary/aromatic N) is 2. The van der Waals surface area contributed by atoms with Crippen LogP contribution in [0.15, 0.2) is 76.2 Å². The number of carboxylic acids is 1. The van der Waals surface area contributed by atoms with Gasteiger partial charge in [0, 0.05) is 23.1 Å². The van der Waals surface area contributed by atoms with Gasteiger partial charge in [-0.25, -0.2) is 0 Å². The van der Waals surface area contributed by atoms with E-state index in [0.717, 1.165) is 52.2 Å². The fourth-order valence-electron chi connectivity index (χ4n) is 5.13. The number of nitrogens with one attached hydrogen (secondary N) is 1. The summed E-state index contributed by atoms with van der Waals surface area (Å²) in [6.45, 7) is 3.24. The number of aliphatic carboxylic acids is 1. The number of fused-ring (bicyclic) bond motifs is 1. The topological polar surface area (TPSA) is 82.0 Å². The second kappa shape index (κ2) is 11.4. The maximum Gasteiger partial charge on any atom is 0.303 e. The van der Waals surface area contributed by atoms with Crippen LogP contribution in [0, 0.1) is 0 Å². The Bertz CT molecular complexity index is 1330. The van der Waals surface area contributed by atoms with Gasteiger partial charge in [-0.3, -0.25) is 19.5 Å². The maximum absolute atomic E-state index is 13.2. The van der Waals surface area contributed by atoms with Crippen LogP contribution in [0.2, 0.25) is 0 Å². The van der Waals surface area contributed by atoms with Crippen LogP contribution in [0.4, 0.5) is 11.4 Å². The molecule has 1 atom stereocenters. The van der Waals surface area contributed by atoms with Gasteiger partial charge >= 0.3 is 5.97 Å². The number of carboxylic acid groups (broad SMARTS) is 1. The molecule has 3 aromatic rings. The molecule has 1 fully saturated rings. The summed E-state index contributed by atoms with van der Waals surface area (Å²) < 4.78 is 0.894. The van der Waals surface area contributed by atoms with Crippen molar-refractivity contribution in [1.82, 2.24) is 4.90 Å². The van der Waals surface area contributed by atoms with Crippen LogP contribution < -0.4 is 5.32 Å². The lowest BCUT2D eigenvalue weighted by Crippen LogP contribution is -2.28. The number of benzene rings is 3. The Labute approximate surface area is 225 Å². The van der Waals surface area contributed by atoms with E-state index in [9.17, 15) is 9.59 Å². The average Bonchev–Trinajstić information content (AvgIpc) is 3.22. The molecule has 7 heteroatoms. The summed E-state index contributed by atoms with van der Waals surface area (Å²) in [5.41, 5.74) is 6.06. The number of aliphatic imine (C=N–C) groups is 1. The second-order valence-electron chi connectivity index (χ2n) is 9.75. The van der Waals surface area contributed by atoms with Crippen molar-refractivity contribution in [2.75, 3.05) is 18.4 Å². The highest BCUT2D eigenvalue weighted by Crippen LogP contribution is 2.38. The highest BCUT2D eigenvalue weighted by Gasteiger charge is 2.35. The van der Waals surface area contributed by atoms with E-state index in [-0.39, 0.29) is 12.3 Å². The van der Waals surface area contributed by atoms with Gasteiger partial charge in [0.2, 0.25) is 5.91 Å². The Kier molecular flexibility index (Phi) is 7.82. The third kappa shape index (κ3) is 6.17. The molecule has 0 radical (unpaired) electrons. The van der Waals surface area contributed by atoms with E-state index in [4.69, 9.17) is 10.1 Å². The molecule has 2 N–H and O–H groups in total. The number of carbonyl (C=O) groups excluding carboxylic acids is 1. The number of anilines is 1. The highest BCUT2D eigenvalue weighted by atomic mass is 79.9. The molecule has 2 aliphatic heterocycles. The van der Waals surface area contributed by atoms with Crippen molar-refractivity contribution in [2.24, 2.45) is 4.99 Å². The van der Waals surface area contributed by atoms with Gasteiger partial charge in [-0.1, -0.05) is 58.7 Å². The smallest absolute Gasteiger partial charge is 0.303 e. The molecule has 1 amide bonds. The third-order valence-corrected chi connectivity index (χ3v) is 7.50. The van der Waals surface area contributed by atoms with Gasteiger partial charge in [-0.15, -0.1) is 0 Å². The Morgan fingerprint density at radius 1 is 1.00 bits per heavy atom. The van der Waals surface area contributed by atoms with Crippen molar-refractivity contribution in [1.29, 1.82) is 0 Å². The van der Waals surface area contributed by atoms with Crippen LogP contribution >= 0.6 is 15.9 Å². The number of halogens is 1. The minimum absolute atomic E-state index is 0.0508. The molecule has 5 rings (SSSR count). The first-order valence-electron chi connectivity index (χ1n) is 12.8. The van der Waals surface area contributed by atoms with Crippen molar-refractivity contribution < 1.29 is 14.7 Å². The molecule has 0 aromatic heterocycles. The van der Waals surface area contributed by atoms with Crippen LogP contribution in [0.25, 0.3) is 0 Å². The molecule has 3 aromatic carbocycles. The average molecular weight is 560 g/mol. The summed E-state index contributed by atoms with van der Waals surface area (Å²) in [5.74, 6) is -1.52. The zero-order valence-corrected chi connectivity index (χ0v) is 22.2. The summed E-state index contributed by atoms with van der Waals surface area (Å²) in [6.07, 6.45) is 4.31. The summed E-state index contributed by atoms with van der Waals surface area (Å²) in [6, 6.07) is 21.8. The van der Waals surface area contributed by atoms with Crippen LogP contribution in [-0.4, -0.2) is 40.7 Å².